The minimum Gasteiger partial charge on any atom is -0.345 e. The first-order chi connectivity index (χ1) is 13.1. The van der Waals surface area contributed by atoms with Crippen LogP contribution in [0.1, 0.15) is 28.9 Å². The highest BCUT2D eigenvalue weighted by Gasteiger charge is 2.24. The highest BCUT2D eigenvalue weighted by molar-refractivity contribution is 7.13. The fourth-order valence-electron chi connectivity index (χ4n) is 3.60. The first-order valence-electron chi connectivity index (χ1n) is 9.26. The molecule has 0 unspecified atom stereocenters. The molecule has 0 saturated carbocycles. The number of carbonyl (C=O) groups excluding carboxylic acids is 1. The Morgan fingerprint density at radius 3 is 2.48 bits per heavy atom. The number of amides is 1. The molecule has 2 saturated heterocycles. The number of halogens is 2. The van der Waals surface area contributed by atoms with Crippen molar-refractivity contribution in [3.63, 3.8) is 0 Å². The average molecular weight is 392 g/mol. The average Bonchev–Trinajstić information content (AvgIpc) is 3.36. The number of nitrogens with zero attached hydrogens (tertiary/aromatic N) is 4. The van der Waals surface area contributed by atoms with Crippen LogP contribution in [0.3, 0.4) is 0 Å². The minimum absolute atomic E-state index is 0.185. The van der Waals surface area contributed by atoms with Crippen LogP contribution in [0.25, 0.3) is 0 Å². The second-order valence-electron chi connectivity index (χ2n) is 7.01. The number of benzene rings is 1. The molecule has 0 bridgehead atoms. The molecule has 0 N–H and O–H groups in total. The molecule has 2 aromatic rings. The molecule has 27 heavy (non-hydrogen) atoms. The highest BCUT2D eigenvalue weighted by Crippen LogP contribution is 2.24. The topological polar surface area (TPSA) is 39.7 Å². The molecule has 1 amide bonds. The molecule has 2 aliphatic heterocycles. The van der Waals surface area contributed by atoms with Gasteiger partial charge in [0.05, 0.1) is 5.69 Å². The van der Waals surface area contributed by atoms with E-state index in [0.717, 1.165) is 42.6 Å². The van der Waals surface area contributed by atoms with Crippen LogP contribution >= 0.6 is 11.3 Å². The molecule has 0 radical (unpaired) electrons. The lowest BCUT2D eigenvalue weighted by molar-refractivity contribution is 0.0746. The maximum absolute atomic E-state index is 13.4. The summed E-state index contributed by atoms with van der Waals surface area (Å²) in [4.78, 5) is 23.6. The molecule has 2 aliphatic rings. The van der Waals surface area contributed by atoms with E-state index in [1.807, 2.05) is 0 Å². The Labute approximate surface area is 161 Å². The lowest BCUT2D eigenvalue weighted by Gasteiger charge is -2.34. The number of likely N-dealkylation sites (tertiary alicyclic amines) is 1. The van der Waals surface area contributed by atoms with Gasteiger partial charge in [-0.15, -0.1) is 11.3 Å². The van der Waals surface area contributed by atoms with Crippen molar-refractivity contribution in [1.82, 2.24) is 14.8 Å². The van der Waals surface area contributed by atoms with Crippen LogP contribution in [-0.2, 0) is 6.54 Å². The predicted molar refractivity (Wildman–Crippen MR) is 101 cm³/mol. The second-order valence-corrected chi connectivity index (χ2v) is 7.85. The quantitative estimate of drug-likeness (QED) is 0.802. The summed E-state index contributed by atoms with van der Waals surface area (Å²) in [6.07, 6.45) is 2.54. The van der Waals surface area contributed by atoms with Crippen molar-refractivity contribution in [3.8, 4) is 0 Å². The zero-order chi connectivity index (χ0) is 18.8. The van der Waals surface area contributed by atoms with Gasteiger partial charge < -0.3 is 9.80 Å². The number of hydrogen-bond acceptors (Lipinski definition) is 5. The summed E-state index contributed by atoms with van der Waals surface area (Å²) in [5, 5.41) is 3.11. The Kier molecular flexibility index (Phi) is 5.36. The Morgan fingerprint density at radius 2 is 1.78 bits per heavy atom. The summed E-state index contributed by atoms with van der Waals surface area (Å²) in [5.74, 6) is -2.19. The zero-order valence-corrected chi connectivity index (χ0v) is 15.9. The van der Waals surface area contributed by atoms with Crippen molar-refractivity contribution in [2.45, 2.75) is 19.4 Å². The van der Waals surface area contributed by atoms with E-state index < -0.39 is 11.6 Å². The van der Waals surface area contributed by atoms with Gasteiger partial charge in [0.25, 0.3) is 5.91 Å². The molecule has 1 aromatic carbocycles. The maximum Gasteiger partial charge on any atom is 0.254 e. The third-order valence-corrected chi connectivity index (χ3v) is 6.08. The molecule has 8 heteroatoms. The van der Waals surface area contributed by atoms with Gasteiger partial charge in [-0.1, -0.05) is 0 Å². The predicted octanol–water partition coefficient (Wildman–Crippen LogP) is 2.98. The van der Waals surface area contributed by atoms with Crippen molar-refractivity contribution in [3.05, 3.63) is 46.5 Å². The molecule has 1 aromatic heterocycles. The third kappa shape index (κ3) is 4.11. The van der Waals surface area contributed by atoms with Crippen molar-refractivity contribution in [1.29, 1.82) is 0 Å². The molecule has 0 spiro atoms. The number of rotatable bonds is 4. The summed E-state index contributed by atoms with van der Waals surface area (Å²) >= 11 is 1.64. The van der Waals surface area contributed by atoms with Crippen LogP contribution in [0.4, 0.5) is 13.9 Å². The van der Waals surface area contributed by atoms with Crippen molar-refractivity contribution in [2.75, 3.05) is 44.2 Å². The highest BCUT2D eigenvalue weighted by atomic mass is 32.1. The molecular formula is C19H22F2N4OS. The van der Waals surface area contributed by atoms with Gasteiger partial charge in [-0.25, -0.2) is 13.8 Å². The first-order valence-corrected chi connectivity index (χ1v) is 10.1. The van der Waals surface area contributed by atoms with Crippen LogP contribution < -0.4 is 4.90 Å². The van der Waals surface area contributed by atoms with Crippen molar-refractivity contribution < 1.29 is 13.6 Å². The van der Waals surface area contributed by atoms with Gasteiger partial charge in [0.15, 0.2) is 16.8 Å². The van der Waals surface area contributed by atoms with Gasteiger partial charge in [-0.05, 0) is 44.1 Å². The number of hydrogen-bond donors (Lipinski definition) is 0. The van der Waals surface area contributed by atoms with E-state index in [9.17, 15) is 13.6 Å². The molecule has 4 rings (SSSR count). The molecule has 5 nitrogen and oxygen atoms in total. The molecule has 0 aliphatic carbocycles. The summed E-state index contributed by atoms with van der Waals surface area (Å²) in [5.41, 5.74) is 1.29. The van der Waals surface area contributed by atoms with E-state index >= 15 is 0 Å². The molecular weight excluding hydrogens is 370 g/mol. The molecule has 0 atom stereocenters. The summed E-state index contributed by atoms with van der Waals surface area (Å²) in [6, 6.07) is 3.30. The summed E-state index contributed by atoms with van der Waals surface area (Å²) < 4.78 is 26.4. The summed E-state index contributed by atoms with van der Waals surface area (Å²) in [6.45, 7) is 5.66. The van der Waals surface area contributed by atoms with E-state index in [0.29, 0.717) is 26.2 Å². The number of carbonyl (C=O) groups is 1. The van der Waals surface area contributed by atoms with Gasteiger partial charge in [-0.3, -0.25) is 9.69 Å². The van der Waals surface area contributed by atoms with Gasteiger partial charge in [0.2, 0.25) is 0 Å². The van der Waals surface area contributed by atoms with E-state index in [4.69, 9.17) is 4.98 Å². The smallest absolute Gasteiger partial charge is 0.254 e. The molecule has 3 heterocycles. The SMILES string of the molecule is O=C(c1ccc(F)c(F)c1)N1CCN(c2nc(CN3CCCC3)cs2)CC1. The standard InChI is InChI=1S/C19H22F2N4OS/c20-16-4-3-14(11-17(16)21)18(26)24-7-9-25(10-8-24)19-22-15(13-27-19)12-23-5-1-2-6-23/h3-4,11,13H,1-2,5-10,12H2. The number of thiazole rings is 1. The second kappa shape index (κ2) is 7.90. The first kappa shape index (κ1) is 18.3. The third-order valence-electron chi connectivity index (χ3n) is 5.13. The van der Waals surface area contributed by atoms with Crippen LogP contribution in [0.15, 0.2) is 23.6 Å². The Bertz CT molecular complexity index is 814. The fourth-order valence-corrected chi connectivity index (χ4v) is 4.47. The number of piperazine rings is 1. The van der Waals surface area contributed by atoms with Gasteiger partial charge >= 0.3 is 0 Å². The van der Waals surface area contributed by atoms with Crippen LogP contribution in [0.5, 0.6) is 0 Å². The monoisotopic (exact) mass is 392 g/mol. The largest absolute Gasteiger partial charge is 0.345 e. The minimum atomic E-state index is -0.993. The Morgan fingerprint density at radius 1 is 1.04 bits per heavy atom. The lowest BCUT2D eigenvalue weighted by atomic mass is 10.1. The van der Waals surface area contributed by atoms with E-state index in [1.54, 1.807) is 16.2 Å². The Hall–Kier alpha value is -2.06. The van der Waals surface area contributed by atoms with E-state index in [2.05, 4.69) is 15.2 Å². The van der Waals surface area contributed by atoms with Crippen molar-refractivity contribution >= 4 is 22.4 Å². The summed E-state index contributed by atoms with van der Waals surface area (Å²) in [7, 11) is 0. The van der Waals surface area contributed by atoms with Crippen molar-refractivity contribution in [2.24, 2.45) is 0 Å². The van der Waals surface area contributed by atoms with Crippen LogP contribution in [-0.4, -0.2) is 60.0 Å². The molecule has 144 valence electrons. The van der Waals surface area contributed by atoms with E-state index in [1.165, 1.54) is 18.9 Å². The van der Waals surface area contributed by atoms with Gasteiger partial charge in [0, 0.05) is 43.7 Å². The fraction of sp³-hybridized carbons (Fsp3) is 0.474. The zero-order valence-electron chi connectivity index (χ0n) is 15.0. The van der Waals surface area contributed by atoms with Gasteiger partial charge in [-0.2, -0.15) is 0 Å². The van der Waals surface area contributed by atoms with Crippen LogP contribution in [0, 0.1) is 11.6 Å². The normalized spacial score (nSPS) is 18.3. The number of anilines is 1. The van der Waals surface area contributed by atoms with Crippen LogP contribution in [0.2, 0.25) is 0 Å². The maximum atomic E-state index is 13.4. The van der Waals surface area contributed by atoms with E-state index in [-0.39, 0.29) is 11.5 Å². The Balaban J connectivity index is 1.33. The molecule has 2 fully saturated rings. The lowest BCUT2D eigenvalue weighted by Crippen LogP contribution is -2.48. The number of aromatic nitrogens is 1. The van der Waals surface area contributed by atoms with Gasteiger partial charge in [0.1, 0.15) is 0 Å².